The summed E-state index contributed by atoms with van der Waals surface area (Å²) in [6, 6.07) is 0. The van der Waals surface area contributed by atoms with Gasteiger partial charge in [-0.1, -0.05) is 48.5 Å². The Labute approximate surface area is 205 Å². The van der Waals surface area contributed by atoms with Crippen molar-refractivity contribution in [2.45, 2.75) is 118 Å². The van der Waals surface area contributed by atoms with Crippen molar-refractivity contribution in [3.05, 3.63) is 0 Å². The molecule has 1 heterocycles. The summed E-state index contributed by atoms with van der Waals surface area (Å²) in [4.78, 5) is 12.8. The van der Waals surface area contributed by atoms with Gasteiger partial charge in [0.15, 0.2) is 0 Å². The van der Waals surface area contributed by atoms with Crippen molar-refractivity contribution >= 4 is 5.78 Å². The molecule has 6 fully saturated rings. The van der Waals surface area contributed by atoms with E-state index in [-0.39, 0.29) is 34.5 Å². The number of hydrogen-bond donors (Lipinski definition) is 0. The number of ether oxygens (including phenoxy) is 1. The lowest BCUT2D eigenvalue weighted by atomic mass is 9.31. The van der Waals surface area contributed by atoms with E-state index in [0.29, 0.717) is 23.4 Å². The Hall–Kier alpha value is -0.510. The van der Waals surface area contributed by atoms with Crippen LogP contribution in [0.25, 0.3) is 0 Å². The number of rotatable bonds is 0. The van der Waals surface area contributed by atoms with Crippen molar-refractivity contribution in [1.82, 2.24) is 0 Å². The quantitative estimate of drug-likeness (QED) is 0.358. The molecule has 0 unspecified atom stereocenters. The van der Waals surface area contributed by atoms with Crippen molar-refractivity contribution in [1.29, 1.82) is 0 Å². The van der Waals surface area contributed by atoms with Crippen LogP contribution in [0.3, 0.4) is 0 Å². The van der Waals surface area contributed by atoms with Gasteiger partial charge in [-0.05, 0) is 102 Å². The van der Waals surface area contributed by atoms with Crippen LogP contribution in [0.2, 0.25) is 0 Å². The fourth-order valence-electron chi connectivity index (χ4n) is 12.0. The fraction of sp³-hybridized carbons (Fsp3) is 0.967. The van der Waals surface area contributed by atoms with Gasteiger partial charge in [0.1, 0.15) is 0 Å². The summed E-state index contributed by atoms with van der Waals surface area (Å²) in [6.45, 7) is 16.5. The van der Waals surface area contributed by atoms with Crippen LogP contribution in [0.4, 0.5) is 8.78 Å². The van der Waals surface area contributed by atoms with E-state index in [2.05, 4.69) is 34.6 Å². The van der Waals surface area contributed by atoms with Crippen LogP contribution >= 0.6 is 0 Å². The highest BCUT2D eigenvalue weighted by molar-refractivity contribution is 5.92. The van der Waals surface area contributed by atoms with E-state index >= 15 is 8.78 Å². The van der Waals surface area contributed by atoms with Crippen molar-refractivity contribution in [2.24, 2.45) is 56.2 Å². The molecule has 6 aliphatic rings. The average molecular weight is 477 g/mol. The van der Waals surface area contributed by atoms with Crippen LogP contribution in [0.15, 0.2) is 0 Å². The number of hydrogen-bond acceptors (Lipinski definition) is 2. The van der Waals surface area contributed by atoms with E-state index in [9.17, 15) is 4.79 Å². The predicted octanol–water partition coefficient (Wildman–Crippen LogP) is 7.69. The minimum absolute atomic E-state index is 0.0380. The molecule has 1 aliphatic heterocycles. The Balaban J connectivity index is 1.42. The normalized spacial score (nSPS) is 56.6. The molecule has 5 aliphatic carbocycles. The average Bonchev–Trinajstić information content (AvgIpc) is 3.06. The molecule has 192 valence electrons. The molecule has 2 nitrogen and oxygen atoms in total. The number of ketones is 1. The molecule has 0 radical (unpaired) electrons. The highest BCUT2D eigenvalue weighted by atomic mass is 19.3. The highest BCUT2D eigenvalue weighted by Crippen LogP contribution is 2.78. The molecule has 0 aromatic carbocycles. The van der Waals surface area contributed by atoms with Gasteiger partial charge in [-0.3, -0.25) is 4.79 Å². The summed E-state index contributed by atoms with van der Waals surface area (Å²) in [6.07, 6.45) is 9.23. The van der Waals surface area contributed by atoms with Crippen molar-refractivity contribution < 1.29 is 18.3 Å². The summed E-state index contributed by atoms with van der Waals surface area (Å²) in [5.74, 6) is -2.49. The lowest BCUT2D eigenvalue weighted by molar-refractivity contribution is -0.257. The number of carbonyl (C=O) groups is 1. The first-order valence-corrected chi connectivity index (χ1v) is 14.1. The zero-order chi connectivity index (χ0) is 24.7. The maximum absolute atomic E-state index is 15.3. The van der Waals surface area contributed by atoms with Crippen molar-refractivity contribution in [3.8, 4) is 0 Å². The molecular formula is C30H46F2O2. The fourth-order valence-corrected chi connectivity index (χ4v) is 12.0. The first kappa shape index (κ1) is 23.9. The van der Waals surface area contributed by atoms with Crippen LogP contribution < -0.4 is 0 Å². The molecule has 5 saturated carbocycles. The zero-order valence-electron chi connectivity index (χ0n) is 22.5. The molecule has 34 heavy (non-hydrogen) atoms. The van der Waals surface area contributed by atoms with Gasteiger partial charge in [0, 0.05) is 11.8 Å². The number of alkyl halides is 2. The molecule has 0 N–H and O–H groups in total. The van der Waals surface area contributed by atoms with Crippen LogP contribution in [-0.2, 0) is 9.53 Å². The van der Waals surface area contributed by atoms with Gasteiger partial charge in [0.25, 0.3) is 0 Å². The third kappa shape index (κ3) is 2.53. The van der Waals surface area contributed by atoms with Gasteiger partial charge in [0.05, 0.1) is 12.7 Å². The molecule has 6 rings (SSSR count). The third-order valence-electron chi connectivity index (χ3n) is 13.8. The van der Waals surface area contributed by atoms with Crippen LogP contribution in [0.5, 0.6) is 0 Å². The van der Waals surface area contributed by atoms with Gasteiger partial charge < -0.3 is 4.74 Å². The van der Waals surface area contributed by atoms with Crippen LogP contribution in [0, 0.1) is 56.2 Å². The maximum Gasteiger partial charge on any atom is 0.306 e. The zero-order valence-corrected chi connectivity index (χ0v) is 22.5. The Kier molecular flexibility index (Phi) is 4.55. The second-order valence-electron chi connectivity index (χ2n) is 15.7. The molecular weight excluding hydrogens is 430 g/mol. The molecule has 0 aromatic heterocycles. The lowest BCUT2D eigenvalue weighted by Gasteiger charge is -2.73. The van der Waals surface area contributed by atoms with E-state index in [1.807, 2.05) is 13.8 Å². The predicted molar refractivity (Wildman–Crippen MR) is 130 cm³/mol. The number of Topliss-reactive ketones (excluding diaryl/α,β-unsaturated/α-hetero) is 1. The number of carbonyl (C=O) groups excluding carboxylic acids is 1. The first-order chi connectivity index (χ1) is 15.6. The first-order valence-electron chi connectivity index (χ1n) is 14.1. The summed E-state index contributed by atoms with van der Waals surface area (Å²) in [5.41, 5.74) is -0.680. The Morgan fingerprint density at radius 3 is 2.18 bits per heavy atom. The van der Waals surface area contributed by atoms with Crippen LogP contribution in [-0.4, -0.2) is 24.4 Å². The second kappa shape index (κ2) is 6.48. The summed E-state index contributed by atoms with van der Waals surface area (Å²) >= 11 is 0. The van der Waals surface area contributed by atoms with Crippen LogP contribution in [0.1, 0.15) is 106 Å². The largest absolute Gasteiger partial charge is 0.377 e. The van der Waals surface area contributed by atoms with E-state index in [4.69, 9.17) is 4.74 Å². The van der Waals surface area contributed by atoms with E-state index in [1.165, 1.54) is 25.7 Å². The Morgan fingerprint density at radius 1 is 0.794 bits per heavy atom. The van der Waals surface area contributed by atoms with Gasteiger partial charge >= 0.3 is 5.92 Å². The van der Waals surface area contributed by atoms with E-state index < -0.39 is 22.5 Å². The van der Waals surface area contributed by atoms with Gasteiger partial charge in [-0.15, -0.1) is 0 Å². The molecule has 0 amide bonds. The van der Waals surface area contributed by atoms with Gasteiger partial charge in [0.2, 0.25) is 5.78 Å². The monoisotopic (exact) mass is 476 g/mol. The number of fused-ring (bicyclic) bond motifs is 5. The maximum atomic E-state index is 15.3. The van der Waals surface area contributed by atoms with E-state index in [0.717, 1.165) is 32.3 Å². The highest BCUT2D eigenvalue weighted by Gasteiger charge is 2.74. The summed E-state index contributed by atoms with van der Waals surface area (Å²) in [5, 5.41) is 0. The Morgan fingerprint density at radius 2 is 1.47 bits per heavy atom. The molecule has 9 atom stereocenters. The molecule has 0 spiro atoms. The number of halogens is 2. The summed E-state index contributed by atoms with van der Waals surface area (Å²) < 4.78 is 37.2. The SMILES string of the molecule is CC1(C)CC[C@]23CC[C@]4(C)[C@H](CC[C@@H]5[C@@]6(C)CC(F)(F)C(=O)C(C)(C)[C@@H]6CC[C@]54C)[C@@H]2[C@H]1OC3. The minimum Gasteiger partial charge on any atom is -0.377 e. The minimum atomic E-state index is -3.21. The van der Waals surface area contributed by atoms with Gasteiger partial charge in [-0.25, -0.2) is 0 Å². The van der Waals surface area contributed by atoms with Gasteiger partial charge in [-0.2, -0.15) is 8.78 Å². The van der Waals surface area contributed by atoms with E-state index in [1.54, 1.807) is 0 Å². The molecule has 0 aromatic rings. The van der Waals surface area contributed by atoms with Crippen molar-refractivity contribution in [3.63, 3.8) is 0 Å². The topological polar surface area (TPSA) is 26.3 Å². The molecule has 4 heteroatoms. The standard InChI is InChI=1S/C30H46F2O2/c1-24(2)12-14-29-15-13-27(6)18(21(29)22(24)34-17-29)8-9-20-26(5)16-30(31,32)23(33)25(3,4)19(26)10-11-28(20,27)7/h18-22H,8-17H2,1-7H3/t18-,19+,20-,21-,22-,26+,27-,28-,29-/m1/s1. The third-order valence-corrected chi connectivity index (χ3v) is 13.8. The smallest absolute Gasteiger partial charge is 0.306 e. The Bertz CT molecular complexity index is 925. The summed E-state index contributed by atoms with van der Waals surface area (Å²) in [7, 11) is 0. The second-order valence-corrected chi connectivity index (χ2v) is 15.7. The lowest BCUT2D eigenvalue weighted by Crippen LogP contribution is -2.69. The molecule has 2 bridgehead atoms. The van der Waals surface area contributed by atoms with Crippen molar-refractivity contribution in [2.75, 3.05) is 6.61 Å². The molecule has 1 saturated heterocycles.